The number of aliphatic imine (C=N–C) groups is 1. The molecule has 1 aliphatic heterocycles. The molecular weight excluding hydrogens is 184 g/mol. The third-order valence-corrected chi connectivity index (χ3v) is 2.60. The predicted molar refractivity (Wildman–Crippen MR) is 57.8 cm³/mol. The van der Waals surface area contributed by atoms with Crippen LogP contribution in [-0.2, 0) is 0 Å². The Kier molecular flexibility index (Phi) is 4.67. The van der Waals surface area contributed by atoms with E-state index < -0.39 is 0 Å². The number of unbranched alkanes of at least 4 members (excludes halogenated alkanes) is 3. The Bertz CT molecular complexity index is 212. The fourth-order valence-corrected chi connectivity index (χ4v) is 1.78. The highest BCUT2D eigenvalue weighted by Gasteiger charge is 2.07. The van der Waals surface area contributed by atoms with E-state index in [4.69, 9.17) is 5.73 Å². The van der Waals surface area contributed by atoms with Crippen molar-refractivity contribution in [3.8, 4) is 0 Å². The van der Waals surface area contributed by atoms with Crippen LogP contribution in [-0.4, -0.2) is 16.9 Å². The molecule has 1 aliphatic rings. The van der Waals surface area contributed by atoms with Crippen molar-refractivity contribution in [2.24, 2.45) is 15.8 Å². The molecule has 13 heavy (non-hydrogen) atoms. The van der Waals surface area contributed by atoms with E-state index in [1.54, 1.807) is 11.8 Å². The van der Waals surface area contributed by atoms with E-state index >= 15 is 0 Å². The highest BCUT2D eigenvalue weighted by atomic mass is 32.2. The molecule has 5 heteroatoms. The Balaban J connectivity index is 2.00. The molecule has 0 aliphatic carbocycles. The minimum absolute atomic E-state index is 0.274. The highest BCUT2D eigenvalue weighted by molar-refractivity contribution is 8.13. The first-order chi connectivity index (χ1) is 6.33. The summed E-state index contributed by atoms with van der Waals surface area (Å²) in [6, 6.07) is 0. The lowest BCUT2D eigenvalue weighted by Gasteiger charge is -1.96. The fraction of sp³-hybridized carbons (Fsp3) is 0.750. The largest absolute Gasteiger partial charge is 0.366 e. The van der Waals surface area contributed by atoms with Crippen molar-refractivity contribution in [2.75, 3.05) is 5.75 Å². The van der Waals surface area contributed by atoms with E-state index in [2.05, 4.69) is 22.4 Å². The normalized spacial score (nSPS) is 15.2. The Morgan fingerprint density at radius 3 is 2.77 bits per heavy atom. The smallest absolute Gasteiger partial charge is 0.242 e. The zero-order valence-corrected chi connectivity index (χ0v) is 8.68. The molecule has 1 heterocycles. The van der Waals surface area contributed by atoms with E-state index in [-0.39, 0.29) is 5.96 Å². The first kappa shape index (κ1) is 10.4. The molecule has 0 aromatic rings. The first-order valence-electron chi connectivity index (χ1n) is 4.58. The summed E-state index contributed by atoms with van der Waals surface area (Å²) in [5, 5.41) is 4.51. The van der Waals surface area contributed by atoms with Crippen LogP contribution in [0.1, 0.15) is 32.6 Å². The van der Waals surface area contributed by atoms with E-state index in [0.717, 1.165) is 5.75 Å². The van der Waals surface area contributed by atoms with E-state index in [9.17, 15) is 0 Å². The van der Waals surface area contributed by atoms with Gasteiger partial charge in [-0.2, -0.15) is 4.99 Å². The average Bonchev–Trinajstić information content (AvgIpc) is 2.51. The molecule has 0 bridgehead atoms. The number of amidine groups is 1. The van der Waals surface area contributed by atoms with Crippen LogP contribution in [0.4, 0.5) is 0 Å². The van der Waals surface area contributed by atoms with Crippen molar-refractivity contribution in [1.82, 2.24) is 5.43 Å². The molecule has 0 saturated heterocycles. The molecule has 0 aromatic heterocycles. The third kappa shape index (κ3) is 4.17. The van der Waals surface area contributed by atoms with Crippen molar-refractivity contribution in [1.29, 1.82) is 0 Å². The topological polar surface area (TPSA) is 64.8 Å². The summed E-state index contributed by atoms with van der Waals surface area (Å²) in [5.74, 6) is 1.33. The zero-order valence-electron chi connectivity index (χ0n) is 7.86. The highest BCUT2D eigenvalue weighted by Crippen LogP contribution is 2.12. The Hall–Kier alpha value is -0.710. The monoisotopic (exact) mass is 199 g/mol. The van der Waals surface area contributed by atoms with Crippen LogP contribution in [0.25, 0.3) is 0 Å². The standard InChI is InChI=1S/C8H15N4S/c1-2-3-4-5-6-13-8-10-7(9)11-12-8/h2-6H2,1H3,(H2,9,10,12). The summed E-state index contributed by atoms with van der Waals surface area (Å²) in [5.41, 5.74) is 8.96. The SMILES string of the molecule is CCCCCCSC1=N[N]C(N)=N1. The van der Waals surface area contributed by atoms with Crippen molar-refractivity contribution < 1.29 is 0 Å². The number of hydrogen-bond acceptors (Lipinski definition) is 4. The Morgan fingerprint density at radius 2 is 2.15 bits per heavy atom. The van der Waals surface area contributed by atoms with Gasteiger partial charge in [0.1, 0.15) is 0 Å². The second-order valence-electron chi connectivity index (χ2n) is 2.86. The van der Waals surface area contributed by atoms with Gasteiger partial charge in [0, 0.05) is 5.75 Å². The van der Waals surface area contributed by atoms with E-state index in [1.807, 2.05) is 0 Å². The van der Waals surface area contributed by atoms with Gasteiger partial charge in [-0.3, -0.25) is 0 Å². The number of nitrogens with two attached hydrogens (primary N) is 1. The van der Waals surface area contributed by atoms with E-state index in [0.29, 0.717) is 5.17 Å². The van der Waals surface area contributed by atoms with Crippen LogP contribution in [0.15, 0.2) is 10.1 Å². The summed E-state index contributed by atoms with van der Waals surface area (Å²) >= 11 is 1.63. The van der Waals surface area contributed by atoms with Gasteiger partial charge in [0.15, 0.2) is 0 Å². The number of thioether (sulfide) groups is 1. The van der Waals surface area contributed by atoms with E-state index in [1.165, 1.54) is 25.7 Å². The molecule has 0 unspecified atom stereocenters. The lowest BCUT2D eigenvalue weighted by molar-refractivity contribution is 0.707. The minimum Gasteiger partial charge on any atom is -0.366 e. The molecule has 1 radical (unpaired) electrons. The number of rotatable bonds is 5. The maximum Gasteiger partial charge on any atom is 0.242 e. The lowest BCUT2D eigenvalue weighted by atomic mass is 10.2. The molecule has 0 spiro atoms. The van der Waals surface area contributed by atoms with Crippen molar-refractivity contribution in [2.45, 2.75) is 32.6 Å². The van der Waals surface area contributed by atoms with Crippen molar-refractivity contribution in [3.05, 3.63) is 0 Å². The molecule has 1 rings (SSSR count). The van der Waals surface area contributed by atoms with Crippen molar-refractivity contribution in [3.63, 3.8) is 0 Å². The number of guanidine groups is 1. The van der Waals surface area contributed by atoms with Crippen LogP contribution < -0.4 is 11.2 Å². The van der Waals surface area contributed by atoms with Gasteiger partial charge < -0.3 is 5.73 Å². The molecule has 73 valence electrons. The van der Waals surface area contributed by atoms with Crippen LogP contribution in [0.2, 0.25) is 0 Å². The molecule has 0 saturated carbocycles. The van der Waals surface area contributed by atoms with Crippen LogP contribution in [0.3, 0.4) is 0 Å². The van der Waals surface area contributed by atoms with Gasteiger partial charge in [0.2, 0.25) is 11.1 Å². The average molecular weight is 199 g/mol. The lowest BCUT2D eigenvalue weighted by Crippen LogP contribution is -2.16. The summed E-state index contributed by atoms with van der Waals surface area (Å²) in [4.78, 5) is 3.95. The molecule has 4 nitrogen and oxygen atoms in total. The summed E-state index contributed by atoms with van der Waals surface area (Å²) < 4.78 is 0. The molecular formula is C8H15N4S. The van der Waals surface area contributed by atoms with Crippen molar-refractivity contribution >= 4 is 22.9 Å². The van der Waals surface area contributed by atoms with Crippen LogP contribution in [0, 0.1) is 0 Å². The van der Waals surface area contributed by atoms with Gasteiger partial charge >= 0.3 is 0 Å². The molecule has 0 atom stereocenters. The zero-order chi connectivity index (χ0) is 9.52. The quantitative estimate of drug-likeness (QED) is 0.682. The molecule has 0 fully saturated rings. The fourth-order valence-electron chi connectivity index (χ4n) is 0.990. The summed E-state index contributed by atoms with van der Waals surface area (Å²) in [7, 11) is 0. The van der Waals surface area contributed by atoms with Gasteiger partial charge in [-0.1, -0.05) is 37.9 Å². The van der Waals surface area contributed by atoms with Gasteiger partial charge in [0.05, 0.1) is 0 Å². The first-order valence-corrected chi connectivity index (χ1v) is 5.57. The number of hydrogen-bond donors (Lipinski definition) is 1. The maximum atomic E-state index is 5.33. The Morgan fingerprint density at radius 1 is 1.31 bits per heavy atom. The second-order valence-corrected chi connectivity index (χ2v) is 3.92. The van der Waals surface area contributed by atoms with Crippen LogP contribution >= 0.6 is 11.8 Å². The summed E-state index contributed by atoms with van der Waals surface area (Å²) in [6.07, 6.45) is 5.08. The summed E-state index contributed by atoms with van der Waals surface area (Å²) in [6.45, 7) is 2.21. The third-order valence-electron chi connectivity index (χ3n) is 1.68. The Labute approximate surface area is 83.1 Å². The second kappa shape index (κ2) is 5.85. The predicted octanol–water partition coefficient (Wildman–Crippen LogP) is 1.50. The van der Waals surface area contributed by atoms with Gasteiger partial charge in [-0.05, 0) is 6.42 Å². The molecule has 0 amide bonds. The minimum atomic E-state index is 0.274. The van der Waals surface area contributed by atoms with Gasteiger partial charge in [-0.25, -0.2) is 0 Å². The van der Waals surface area contributed by atoms with Crippen LogP contribution in [0.5, 0.6) is 0 Å². The van der Waals surface area contributed by atoms with Gasteiger partial charge in [-0.15, -0.1) is 10.5 Å². The molecule has 0 aromatic carbocycles. The molecule has 2 N–H and O–H groups in total. The number of nitrogens with zero attached hydrogens (tertiary/aromatic N) is 3. The maximum absolute atomic E-state index is 5.33. The van der Waals surface area contributed by atoms with Gasteiger partial charge in [0.25, 0.3) is 0 Å².